The van der Waals surface area contributed by atoms with Crippen molar-refractivity contribution in [3.8, 4) is 11.6 Å². The molecule has 0 saturated carbocycles. The SMILES string of the molecule is CC1CCN(CCNc2nccc(Oc3ccc(F)cc3)n2)CC1. The highest BCUT2D eigenvalue weighted by molar-refractivity contribution is 5.31. The van der Waals surface area contributed by atoms with Crippen LogP contribution in [-0.4, -0.2) is 41.0 Å². The number of aromatic nitrogens is 2. The predicted molar refractivity (Wildman–Crippen MR) is 91.8 cm³/mol. The van der Waals surface area contributed by atoms with E-state index in [0.717, 1.165) is 32.1 Å². The van der Waals surface area contributed by atoms with Gasteiger partial charge in [-0.05, 0) is 56.1 Å². The van der Waals surface area contributed by atoms with E-state index in [1.54, 1.807) is 24.4 Å². The van der Waals surface area contributed by atoms with Gasteiger partial charge in [-0.25, -0.2) is 9.37 Å². The van der Waals surface area contributed by atoms with Crippen LogP contribution < -0.4 is 10.1 Å². The first-order chi connectivity index (χ1) is 11.7. The van der Waals surface area contributed by atoms with Crippen molar-refractivity contribution in [2.45, 2.75) is 19.8 Å². The first-order valence-electron chi connectivity index (χ1n) is 8.42. The zero-order valence-corrected chi connectivity index (χ0v) is 13.9. The van der Waals surface area contributed by atoms with Crippen molar-refractivity contribution in [2.24, 2.45) is 5.92 Å². The number of hydrogen-bond acceptors (Lipinski definition) is 5. The number of benzene rings is 1. The molecule has 128 valence electrons. The van der Waals surface area contributed by atoms with Crippen molar-refractivity contribution >= 4 is 5.95 Å². The standard InChI is InChI=1S/C18H23FN4O/c1-14-7-11-23(12-8-14)13-10-21-18-20-9-6-17(22-18)24-16-4-2-15(19)3-5-16/h2-6,9,14H,7-8,10-13H2,1H3,(H,20,21,22). The zero-order chi connectivity index (χ0) is 16.8. The van der Waals surface area contributed by atoms with Crippen LogP contribution in [-0.2, 0) is 0 Å². The second kappa shape index (κ2) is 8.06. The molecule has 0 amide bonds. The summed E-state index contributed by atoms with van der Waals surface area (Å²) >= 11 is 0. The van der Waals surface area contributed by atoms with Gasteiger partial charge in [-0.1, -0.05) is 6.92 Å². The molecule has 5 nitrogen and oxygen atoms in total. The molecule has 1 aromatic heterocycles. The number of rotatable bonds is 6. The average Bonchev–Trinajstić information content (AvgIpc) is 2.59. The van der Waals surface area contributed by atoms with Crippen LogP contribution in [0.5, 0.6) is 11.6 Å². The van der Waals surface area contributed by atoms with Crippen LogP contribution >= 0.6 is 0 Å². The van der Waals surface area contributed by atoms with Gasteiger partial charge in [0.25, 0.3) is 0 Å². The van der Waals surface area contributed by atoms with Gasteiger partial charge in [-0.15, -0.1) is 0 Å². The van der Waals surface area contributed by atoms with Gasteiger partial charge in [0.05, 0.1) is 0 Å². The Balaban J connectivity index is 1.49. The summed E-state index contributed by atoms with van der Waals surface area (Å²) < 4.78 is 18.5. The molecule has 2 heterocycles. The number of hydrogen-bond donors (Lipinski definition) is 1. The van der Waals surface area contributed by atoms with E-state index in [9.17, 15) is 4.39 Å². The fourth-order valence-electron chi connectivity index (χ4n) is 2.72. The van der Waals surface area contributed by atoms with Crippen LogP contribution in [0.4, 0.5) is 10.3 Å². The number of ether oxygens (including phenoxy) is 1. The summed E-state index contributed by atoms with van der Waals surface area (Å²) in [5, 5.41) is 3.23. The topological polar surface area (TPSA) is 50.3 Å². The Kier molecular flexibility index (Phi) is 5.59. The Hall–Kier alpha value is -2.21. The van der Waals surface area contributed by atoms with Crippen molar-refractivity contribution < 1.29 is 9.13 Å². The van der Waals surface area contributed by atoms with Crippen molar-refractivity contribution in [3.05, 3.63) is 42.3 Å². The van der Waals surface area contributed by atoms with Crippen LogP contribution in [0.3, 0.4) is 0 Å². The normalized spacial score (nSPS) is 16.1. The second-order valence-electron chi connectivity index (χ2n) is 6.23. The second-order valence-corrected chi connectivity index (χ2v) is 6.23. The first-order valence-corrected chi connectivity index (χ1v) is 8.42. The van der Waals surface area contributed by atoms with E-state index in [1.165, 1.54) is 25.0 Å². The maximum Gasteiger partial charge on any atom is 0.226 e. The van der Waals surface area contributed by atoms with Gasteiger partial charge < -0.3 is 15.0 Å². The molecule has 1 aromatic carbocycles. The Labute approximate surface area is 141 Å². The van der Waals surface area contributed by atoms with Crippen molar-refractivity contribution in [2.75, 3.05) is 31.5 Å². The molecular weight excluding hydrogens is 307 g/mol. The van der Waals surface area contributed by atoms with Gasteiger partial charge in [0.1, 0.15) is 11.6 Å². The molecule has 6 heteroatoms. The van der Waals surface area contributed by atoms with Gasteiger partial charge in [-0.3, -0.25) is 0 Å². The predicted octanol–water partition coefficient (Wildman–Crippen LogP) is 3.55. The molecule has 1 N–H and O–H groups in total. The number of nitrogens with zero attached hydrogens (tertiary/aromatic N) is 3. The van der Waals surface area contributed by atoms with Crippen molar-refractivity contribution in [1.29, 1.82) is 0 Å². The quantitative estimate of drug-likeness (QED) is 0.878. The van der Waals surface area contributed by atoms with E-state index in [-0.39, 0.29) is 5.82 Å². The summed E-state index contributed by atoms with van der Waals surface area (Å²) in [5.74, 6) is 2.08. The van der Waals surface area contributed by atoms with Crippen molar-refractivity contribution in [3.63, 3.8) is 0 Å². The Morgan fingerprint density at radius 2 is 1.96 bits per heavy atom. The van der Waals surface area contributed by atoms with Gasteiger partial charge in [-0.2, -0.15) is 4.98 Å². The molecule has 1 fully saturated rings. The van der Waals surface area contributed by atoms with Gasteiger partial charge >= 0.3 is 0 Å². The Bertz CT molecular complexity index is 642. The summed E-state index contributed by atoms with van der Waals surface area (Å²) in [7, 11) is 0. The van der Waals surface area contributed by atoms with E-state index in [1.807, 2.05) is 0 Å². The number of likely N-dealkylation sites (tertiary alicyclic amines) is 1. The Morgan fingerprint density at radius 1 is 1.21 bits per heavy atom. The van der Waals surface area contributed by atoms with E-state index in [4.69, 9.17) is 4.74 Å². The van der Waals surface area contributed by atoms with E-state index >= 15 is 0 Å². The number of nitrogens with one attached hydrogen (secondary N) is 1. The summed E-state index contributed by atoms with van der Waals surface area (Å²) in [6.07, 6.45) is 4.20. The number of piperidine rings is 1. The largest absolute Gasteiger partial charge is 0.439 e. The summed E-state index contributed by atoms with van der Waals surface area (Å²) in [4.78, 5) is 11.0. The van der Waals surface area contributed by atoms with Crippen LogP contribution in [0.25, 0.3) is 0 Å². The molecule has 0 unspecified atom stereocenters. The summed E-state index contributed by atoms with van der Waals surface area (Å²) in [6, 6.07) is 7.54. The molecule has 0 spiro atoms. The van der Waals surface area contributed by atoms with Crippen LogP contribution in [0.15, 0.2) is 36.5 Å². The van der Waals surface area contributed by atoms with Crippen LogP contribution in [0.2, 0.25) is 0 Å². The molecule has 24 heavy (non-hydrogen) atoms. The molecule has 1 aliphatic rings. The minimum atomic E-state index is -0.292. The molecule has 2 aromatic rings. The average molecular weight is 330 g/mol. The monoisotopic (exact) mass is 330 g/mol. The highest BCUT2D eigenvalue weighted by Crippen LogP contribution is 2.20. The molecule has 0 atom stereocenters. The number of anilines is 1. The minimum Gasteiger partial charge on any atom is -0.439 e. The van der Waals surface area contributed by atoms with Crippen LogP contribution in [0.1, 0.15) is 19.8 Å². The fourth-order valence-corrected chi connectivity index (χ4v) is 2.72. The molecule has 0 aliphatic carbocycles. The fraction of sp³-hybridized carbons (Fsp3) is 0.444. The Morgan fingerprint density at radius 3 is 2.71 bits per heavy atom. The smallest absolute Gasteiger partial charge is 0.226 e. The van der Waals surface area contributed by atoms with Gasteiger partial charge in [0.2, 0.25) is 11.8 Å². The molecule has 0 radical (unpaired) electrons. The third kappa shape index (κ3) is 4.89. The maximum absolute atomic E-state index is 12.9. The number of halogens is 1. The maximum atomic E-state index is 12.9. The van der Waals surface area contributed by atoms with Crippen LogP contribution in [0, 0.1) is 11.7 Å². The lowest BCUT2D eigenvalue weighted by Crippen LogP contribution is -2.36. The lowest BCUT2D eigenvalue weighted by molar-refractivity contribution is 0.199. The first kappa shape index (κ1) is 16.6. The van der Waals surface area contributed by atoms with E-state index in [0.29, 0.717) is 17.6 Å². The lowest BCUT2D eigenvalue weighted by atomic mass is 9.99. The molecule has 1 saturated heterocycles. The summed E-state index contributed by atoms with van der Waals surface area (Å²) in [5.41, 5.74) is 0. The molecule has 0 bridgehead atoms. The highest BCUT2D eigenvalue weighted by Gasteiger charge is 2.14. The minimum absolute atomic E-state index is 0.292. The van der Waals surface area contributed by atoms with E-state index < -0.39 is 0 Å². The van der Waals surface area contributed by atoms with E-state index in [2.05, 4.69) is 27.1 Å². The molecule has 1 aliphatic heterocycles. The summed E-state index contributed by atoms with van der Waals surface area (Å²) in [6.45, 7) is 6.43. The van der Waals surface area contributed by atoms with Crippen molar-refractivity contribution in [1.82, 2.24) is 14.9 Å². The lowest BCUT2D eigenvalue weighted by Gasteiger charge is -2.30. The van der Waals surface area contributed by atoms with Gasteiger partial charge in [0, 0.05) is 25.4 Å². The third-order valence-corrected chi connectivity index (χ3v) is 4.25. The molecular formula is C18H23FN4O. The molecule has 3 rings (SSSR count). The highest BCUT2D eigenvalue weighted by atomic mass is 19.1. The third-order valence-electron chi connectivity index (χ3n) is 4.25. The zero-order valence-electron chi connectivity index (χ0n) is 13.9. The van der Waals surface area contributed by atoms with Gasteiger partial charge in [0.15, 0.2) is 0 Å².